The smallest absolute Gasteiger partial charge is 0.396 e. The lowest BCUT2D eigenvalue weighted by Crippen LogP contribution is -2.20. The fourth-order valence-electron chi connectivity index (χ4n) is 2.89. The lowest BCUT2D eigenvalue weighted by atomic mass is 10.0. The molecule has 0 saturated heterocycles. The number of rotatable bonds is 5. The number of hydrogen-bond donors (Lipinski definition) is 3. The highest BCUT2D eigenvalue weighted by Gasteiger charge is 2.29. The molecular weight excluding hydrogens is 381 g/mol. The zero-order valence-electron chi connectivity index (χ0n) is 15.3. The standard InChI is InChI=1S/C22H19F3N2O2/c23-22(24,25)18-10-8-15(9-11-18)17-5-3-6-19(14-17)26-21(29)27-20-7-2-1-4-16(20)12-13-28/h1-11,14,28H,12-13H2,(H2,26,27,29). The Kier molecular flexibility index (Phi) is 6.19. The summed E-state index contributed by atoms with van der Waals surface area (Å²) >= 11 is 0. The van der Waals surface area contributed by atoms with Crippen LogP contribution in [0.1, 0.15) is 11.1 Å². The first kappa shape index (κ1) is 20.4. The third-order valence-electron chi connectivity index (χ3n) is 4.31. The third kappa shape index (κ3) is 5.36. The van der Waals surface area contributed by atoms with Crippen LogP contribution in [0.25, 0.3) is 11.1 Å². The highest BCUT2D eigenvalue weighted by molar-refractivity contribution is 6.00. The molecule has 0 heterocycles. The van der Waals surface area contributed by atoms with Crippen molar-refractivity contribution in [3.63, 3.8) is 0 Å². The van der Waals surface area contributed by atoms with Crippen LogP contribution in [-0.2, 0) is 12.6 Å². The van der Waals surface area contributed by atoms with Crippen LogP contribution in [-0.4, -0.2) is 17.7 Å². The summed E-state index contributed by atoms with van der Waals surface area (Å²) in [6.45, 7) is -0.0323. The minimum Gasteiger partial charge on any atom is -0.396 e. The Morgan fingerprint density at radius 3 is 2.28 bits per heavy atom. The van der Waals surface area contributed by atoms with Crippen molar-refractivity contribution in [2.45, 2.75) is 12.6 Å². The Morgan fingerprint density at radius 1 is 0.862 bits per heavy atom. The third-order valence-corrected chi connectivity index (χ3v) is 4.31. The summed E-state index contributed by atoms with van der Waals surface area (Å²) in [5, 5.41) is 14.6. The number of benzene rings is 3. The largest absolute Gasteiger partial charge is 0.416 e. The van der Waals surface area contributed by atoms with Crippen molar-refractivity contribution < 1.29 is 23.1 Å². The van der Waals surface area contributed by atoms with Crippen LogP contribution in [0, 0.1) is 0 Å². The van der Waals surface area contributed by atoms with Crippen LogP contribution in [0.15, 0.2) is 72.8 Å². The molecule has 3 aromatic rings. The highest BCUT2D eigenvalue weighted by atomic mass is 19.4. The van der Waals surface area contributed by atoms with E-state index in [9.17, 15) is 18.0 Å². The molecule has 0 spiro atoms. The lowest BCUT2D eigenvalue weighted by Gasteiger charge is -2.12. The number of nitrogens with one attached hydrogen (secondary N) is 2. The van der Waals surface area contributed by atoms with Crippen molar-refractivity contribution in [3.8, 4) is 11.1 Å². The number of carbonyl (C=O) groups is 1. The molecule has 0 radical (unpaired) electrons. The number of urea groups is 1. The van der Waals surface area contributed by atoms with Gasteiger partial charge in [-0.05, 0) is 53.4 Å². The van der Waals surface area contributed by atoms with Crippen LogP contribution in [0.4, 0.5) is 29.3 Å². The first-order valence-electron chi connectivity index (χ1n) is 8.91. The summed E-state index contributed by atoms with van der Waals surface area (Å²) in [7, 11) is 0. The van der Waals surface area contributed by atoms with Crippen molar-refractivity contribution in [3.05, 3.63) is 83.9 Å². The summed E-state index contributed by atoms with van der Waals surface area (Å²) in [4.78, 5) is 12.3. The molecule has 3 rings (SSSR count). The number of anilines is 2. The van der Waals surface area contributed by atoms with E-state index in [1.807, 2.05) is 12.1 Å². The molecule has 7 heteroatoms. The van der Waals surface area contributed by atoms with E-state index >= 15 is 0 Å². The minimum absolute atomic E-state index is 0.0323. The van der Waals surface area contributed by atoms with E-state index in [1.54, 1.807) is 36.4 Å². The molecule has 150 valence electrons. The van der Waals surface area contributed by atoms with Gasteiger partial charge in [-0.3, -0.25) is 0 Å². The molecule has 0 aromatic heterocycles. The van der Waals surface area contributed by atoms with Gasteiger partial charge in [0, 0.05) is 18.0 Å². The average molecular weight is 400 g/mol. The number of halogens is 3. The summed E-state index contributed by atoms with van der Waals surface area (Å²) in [5.74, 6) is 0. The number of hydrogen-bond acceptors (Lipinski definition) is 2. The SMILES string of the molecule is O=C(Nc1cccc(-c2ccc(C(F)(F)F)cc2)c1)Nc1ccccc1CCO. The van der Waals surface area contributed by atoms with Gasteiger partial charge in [0.1, 0.15) is 0 Å². The highest BCUT2D eigenvalue weighted by Crippen LogP contribution is 2.31. The fourth-order valence-corrected chi connectivity index (χ4v) is 2.89. The van der Waals surface area contributed by atoms with Gasteiger partial charge in [0.2, 0.25) is 0 Å². The van der Waals surface area contributed by atoms with E-state index in [4.69, 9.17) is 5.11 Å². The van der Waals surface area contributed by atoms with Crippen LogP contribution < -0.4 is 10.6 Å². The van der Waals surface area contributed by atoms with Crippen molar-refractivity contribution in [2.24, 2.45) is 0 Å². The normalized spacial score (nSPS) is 11.2. The minimum atomic E-state index is -4.38. The molecule has 0 bridgehead atoms. The van der Waals surface area contributed by atoms with Gasteiger partial charge in [-0.15, -0.1) is 0 Å². The van der Waals surface area contributed by atoms with Crippen molar-refractivity contribution in [1.82, 2.24) is 0 Å². The maximum absolute atomic E-state index is 12.7. The monoisotopic (exact) mass is 400 g/mol. The number of carbonyl (C=O) groups excluding carboxylic acids is 1. The van der Waals surface area contributed by atoms with Crippen LogP contribution in [0.2, 0.25) is 0 Å². The molecule has 0 fully saturated rings. The first-order chi connectivity index (χ1) is 13.9. The topological polar surface area (TPSA) is 61.4 Å². The van der Waals surface area contributed by atoms with Gasteiger partial charge >= 0.3 is 12.2 Å². The van der Waals surface area contributed by atoms with E-state index < -0.39 is 17.8 Å². The summed E-state index contributed by atoms with van der Waals surface area (Å²) in [5.41, 5.74) is 2.48. The Morgan fingerprint density at radius 2 is 1.59 bits per heavy atom. The molecule has 29 heavy (non-hydrogen) atoms. The Labute approximate surface area is 166 Å². The molecule has 0 atom stereocenters. The molecule has 0 aliphatic heterocycles. The number of alkyl halides is 3. The summed E-state index contributed by atoms with van der Waals surface area (Å²) < 4.78 is 38.2. The Hall–Kier alpha value is -3.32. The Balaban J connectivity index is 1.72. The number of aliphatic hydroxyl groups is 1. The molecule has 0 aliphatic rings. The fraction of sp³-hybridized carbons (Fsp3) is 0.136. The van der Waals surface area contributed by atoms with Gasteiger partial charge < -0.3 is 15.7 Å². The summed E-state index contributed by atoms with van der Waals surface area (Å²) in [6.07, 6.45) is -3.97. The number of aliphatic hydroxyl groups excluding tert-OH is 1. The lowest BCUT2D eigenvalue weighted by molar-refractivity contribution is -0.137. The van der Waals surface area contributed by atoms with Crippen LogP contribution in [0.3, 0.4) is 0 Å². The predicted octanol–water partition coefficient (Wildman–Crippen LogP) is 5.55. The average Bonchev–Trinajstić information content (AvgIpc) is 2.69. The van der Waals surface area contributed by atoms with Crippen molar-refractivity contribution in [2.75, 3.05) is 17.2 Å². The van der Waals surface area contributed by atoms with Gasteiger partial charge in [0.25, 0.3) is 0 Å². The van der Waals surface area contributed by atoms with Crippen molar-refractivity contribution >= 4 is 17.4 Å². The van der Waals surface area contributed by atoms with Crippen molar-refractivity contribution in [1.29, 1.82) is 0 Å². The molecule has 0 aliphatic carbocycles. The van der Waals surface area contributed by atoms with Gasteiger partial charge in [-0.2, -0.15) is 13.2 Å². The second-order valence-electron chi connectivity index (χ2n) is 6.37. The summed E-state index contributed by atoms with van der Waals surface area (Å²) in [6, 6.07) is 18.4. The van der Waals surface area contributed by atoms with E-state index in [2.05, 4.69) is 10.6 Å². The Bertz CT molecular complexity index is 986. The van der Waals surface area contributed by atoms with Crippen LogP contribution >= 0.6 is 0 Å². The maximum Gasteiger partial charge on any atom is 0.416 e. The van der Waals surface area contributed by atoms with E-state index in [0.717, 1.165) is 17.7 Å². The van der Waals surface area contributed by atoms with Gasteiger partial charge in [0.05, 0.1) is 5.56 Å². The van der Waals surface area contributed by atoms with Gasteiger partial charge in [-0.1, -0.05) is 42.5 Å². The zero-order valence-corrected chi connectivity index (χ0v) is 15.3. The zero-order chi connectivity index (χ0) is 20.9. The van der Waals surface area contributed by atoms with Crippen LogP contribution in [0.5, 0.6) is 0 Å². The quantitative estimate of drug-likeness (QED) is 0.526. The molecule has 0 saturated carbocycles. The predicted molar refractivity (Wildman–Crippen MR) is 107 cm³/mol. The molecule has 3 N–H and O–H groups in total. The molecule has 2 amide bonds. The molecule has 0 unspecified atom stereocenters. The van der Waals surface area contributed by atoms with E-state index in [1.165, 1.54) is 12.1 Å². The number of amides is 2. The maximum atomic E-state index is 12.7. The molecule has 3 aromatic carbocycles. The second-order valence-corrected chi connectivity index (χ2v) is 6.37. The van der Waals surface area contributed by atoms with E-state index in [-0.39, 0.29) is 6.61 Å². The van der Waals surface area contributed by atoms with E-state index in [0.29, 0.717) is 28.9 Å². The van der Waals surface area contributed by atoms with Gasteiger partial charge in [0.15, 0.2) is 0 Å². The number of para-hydroxylation sites is 1. The van der Waals surface area contributed by atoms with Gasteiger partial charge in [-0.25, -0.2) is 4.79 Å². The first-order valence-corrected chi connectivity index (χ1v) is 8.91. The second kappa shape index (κ2) is 8.79. The molecular formula is C22H19F3N2O2. The molecule has 4 nitrogen and oxygen atoms in total.